The molecule has 1 aromatic carbocycles. The van der Waals surface area contributed by atoms with Crippen molar-refractivity contribution in [3.05, 3.63) is 35.6 Å². The number of thioether (sulfide) groups is 1. The number of carbonyl (C=O) groups is 2. The normalized spacial score (nSPS) is 15.7. The van der Waals surface area contributed by atoms with Crippen molar-refractivity contribution in [3.8, 4) is 0 Å². The molecule has 0 aromatic heterocycles. The van der Waals surface area contributed by atoms with Crippen molar-refractivity contribution in [1.82, 2.24) is 9.80 Å². The first-order valence-corrected chi connectivity index (χ1v) is 8.71. The van der Waals surface area contributed by atoms with Gasteiger partial charge in [-0.15, -0.1) is 11.8 Å². The number of hydrogen-bond donors (Lipinski definition) is 0. The Morgan fingerprint density at radius 2 is 1.57 bits per heavy atom. The van der Waals surface area contributed by atoms with Crippen LogP contribution < -0.4 is 0 Å². The minimum atomic E-state index is -0.353. The second-order valence-corrected chi connectivity index (χ2v) is 8.38. The molecule has 1 heterocycles. The summed E-state index contributed by atoms with van der Waals surface area (Å²) in [6, 6.07) is 5.57. The summed E-state index contributed by atoms with van der Waals surface area (Å²) >= 11 is 1.63. The molecule has 0 N–H and O–H groups in total. The first-order chi connectivity index (χ1) is 10.8. The zero-order valence-corrected chi connectivity index (χ0v) is 14.7. The molecule has 0 bridgehead atoms. The molecule has 2 rings (SSSR count). The van der Waals surface area contributed by atoms with Gasteiger partial charge < -0.3 is 9.80 Å². The number of amides is 2. The van der Waals surface area contributed by atoms with E-state index in [2.05, 4.69) is 20.8 Å². The van der Waals surface area contributed by atoms with Crippen LogP contribution in [0.3, 0.4) is 0 Å². The van der Waals surface area contributed by atoms with Crippen LogP contribution >= 0.6 is 11.8 Å². The molecular formula is C17H23FN2O2S. The van der Waals surface area contributed by atoms with Crippen LogP contribution in [-0.4, -0.2) is 58.3 Å². The van der Waals surface area contributed by atoms with Gasteiger partial charge in [0.05, 0.1) is 5.75 Å². The van der Waals surface area contributed by atoms with Gasteiger partial charge in [-0.1, -0.05) is 20.8 Å². The van der Waals surface area contributed by atoms with Gasteiger partial charge in [0.2, 0.25) is 5.91 Å². The Balaban J connectivity index is 1.84. The summed E-state index contributed by atoms with van der Waals surface area (Å²) in [6.07, 6.45) is 0. The highest BCUT2D eigenvalue weighted by atomic mass is 32.2. The molecule has 6 heteroatoms. The van der Waals surface area contributed by atoms with E-state index >= 15 is 0 Å². The van der Waals surface area contributed by atoms with Gasteiger partial charge in [-0.3, -0.25) is 9.59 Å². The maximum Gasteiger partial charge on any atom is 0.253 e. The quantitative estimate of drug-likeness (QED) is 0.851. The van der Waals surface area contributed by atoms with Crippen LogP contribution in [0.1, 0.15) is 31.1 Å². The van der Waals surface area contributed by atoms with Gasteiger partial charge in [-0.2, -0.15) is 0 Å². The lowest BCUT2D eigenvalue weighted by molar-refractivity contribution is -0.129. The molecule has 0 atom stereocenters. The van der Waals surface area contributed by atoms with Crippen LogP contribution in [0, 0.1) is 5.82 Å². The van der Waals surface area contributed by atoms with Gasteiger partial charge >= 0.3 is 0 Å². The molecule has 23 heavy (non-hydrogen) atoms. The number of benzene rings is 1. The summed E-state index contributed by atoms with van der Waals surface area (Å²) in [4.78, 5) is 28.1. The van der Waals surface area contributed by atoms with Crippen molar-refractivity contribution in [3.63, 3.8) is 0 Å². The summed E-state index contributed by atoms with van der Waals surface area (Å²) in [7, 11) is 0. The van der Waals surface area contributed by atoms with Gasteiger partial charge in [0.1, 0.15) is 5.82 Å². The van der Waals surface area contributed by atoms with Crippen molar-refractivity contribution >= 4 is 23.6 Å². The Hall–Kier alpha value is -1.56. The SMILES string of the molecule is CC(C)(C)SCC(=O)N1CCN(C(=O)c2ccc(F)cc2)CC1. The van der Waals surface area contributed by atoms with Crippen LogP contribution in [0.4, 0.5) is 4.39 Å². The molecular weight excluding hydrogens is 315 g/mol. The highest BCUT2D eigenvalue weighted by Crippen LogP contribution is 2.23. The van der Waals surface area contributed by atoms with Crippen molar-refractivity contribution < 1.29 is 14.0 Å². The van der Waals surface area contributed by atoms with E-state index < -0.39 is 0 Å². The number of rotatable bonds is 3. The average molecular weight is 338 g/mol. The van der Waals surface area contributed by atoms with Crippen LogP contribution in [0.25, 0.3) is 0 Å². The van der Waals surface area contributed by atoms with E-state index in [4.69, 9.17) is 0 Å². The summed E-state index contributed by atoms with van der Waals surface area (Å²) < 4.78 is 13.0. The third-order valence-corrected chi connectivity index (χ3v) is 4.90. The largest absolute Gasteiger partial charge is 0.338 e. The average Bonchev–Trinajstić information content (AvgIpc) is 2.52. The summed E-state index contributed by atoms with van der Waals surface area (Å²) in [5, 5.41) is 0. The second kappa shape index (κ2) is 7.34. The molecule has 1 saturated heterocycles. The zero-order valence-electron chi connectivity index (χ0n) is 13.8. The minimum Gasteiger partial charge on any atom is -0.338 e. The third-order valence-electron chi connectivity index (χ3n) is 3.64. The Kier molecular flexibility index (Phi) is 5.68. The zero-order chi connectivity index (χ0) is 17.0. The third kappa shape index (κ3) is 5.23. The van der Waals surface area contributed by atoms with E-state index in [9.17, 15) is 14.0 Å². The van der Waals surface area contributed by atoms with Gasteiger partial charge in [0.15, 0.2) is 0 Å². The predicted molar refractivity (Wildman–Crippen MR) is 91.1 cm³/mol. The summed E-state index contributed by atoms with van der Waals surface area (Å²) in [6.45, 7) is 8.40. The molecule has 2 amide bonds. The molecule has 0 saturated carbocycles. The van der Waals surface area contributed by atoms with E-state index in [0.29, 0.717) is 37.5 Å². The Morgan fingerprint density at radius 1 is 1.04 bits per heavy atom. The number of carbonyl (C=O) groups excluding carboxylic acids is 2. The summed E-state index contributed by atoms with van der Waals surface area (Å²) in [5.41, 5.74) is 0.481. The van der Waals surface area contributed by atoms with Gasteiger partial charge in [-0.25, -0.2) is 4.39 Å². The second-order valence-electron chi connectivity index (χ2n) is 6.58. The van der Waals surface area contributed by atoms with E-state index in [1.165, 1.54) is 24.3 Å². The van der Waals surface area contributed by atoms with Crippen molar-refractivity contribution in [2.45, 2.75) is 25.5 Å². The number of piperazine rings is 1. The molecule has 1 aliphatic rings. The minimum absolute atomic E-state index is 0.0655. The number of halogens is 1. The monoisotopic (exact) mass is 338 g/mol. The smallest absolute Gasteiger partial charge is 0.253 e. The Bertz CT molecular complexity index is 561. The lowest BCUT2D eigenvalue weighted by atomic mass is 10.2. The van der Waals surface area contributed by atoms with Crippen molar-refractivity contribution in [2.24, 2.45) is 0 Å². The molecule has 1 fully saturated rings. The van der Waals surface area contributed by atoms with Crippen molar-refractivity contribution in [2.75, 3.05) is 31.9 Å². The lowest BCUT2D eigenvalue weighted by Crippen LogP contribution is -2.51. The predicted octanol–water partition coefficient (Wildman–Crippen LogP) is 2.64. The first-order valence-electron chi connectivity index (χ1n) is 7.73. The van der Waals surface area contributed by atoms with E-state index in [1.54, 1.807) is 16.7 Å². The molecule has 0 aliphatic carbocycles. The highest BCUT2D eigenvalue weighted by molar-refractivity contribution is 8.01. The first kappa shape index (κ1) is 17.8. The number of nitrogens with zero attached hydrogens (tertiary/aromatic N) is 2. The fraction of sp³-hybridized carbons (Fsp3) is 0.529. The van der Waals surface area contributed by atoms with Gasteiger partial charge in [-0.05, 0) is 24.3 Å². The van der Waals surface area contributed by atoms with Crippen LogP contribution in [0.15, 0.2) is 24.3 Å². The Morgan fingerprint density at radius 3 is 2.09 bits per heavy atom. The maximum absolute atomic E-state index is 12.9. The van der Waals surface area contributed by atoms with Gasteiger partial charge in [0.25, 0.3) is 5.91 Å². The molecule has 0 radical (unpaired) electrons. The van der Waals surface area contributed by atoms with Crippen LogP contribution in [0.2, 0.25) is 0 Å². The summed E-state index contributed by atoms with van der Waals surface area (Å²) in [5.74, 6) is 0.128. The van der Waals surface area contributed by atoms with Crippen LogP contribution in [0.5, 0.6) is 0 Å². The molecule has 1 aliphatic heterocycles. The standard InChI is InChI=1S/C17H23FN2O2S/c1-17(2,3)23-12-15(21)19-8-10-20(11-9-19)16(22)13-4-6-14(18)7-5-13/h4-7H,8-12H2,1-3H3. The van der Waals surface area contributed by atoms with Crippen LogP contribution in [-0.2, 0) is 4.79 Å². The molecule has 0 unspecified atom stereocenters. The molecule has 0 spiro atoms. The van der Waals surface area contributed by atoms with E-state index in [1.807, 2.05) is 4.90 Å². The van der Waals surface area contributed by atoms with E-state index in [0.717, 1.165) is 0 Å². The Labute approximate surface area is 141 Å². The van der Waals surface area contributed by atoms with Gasteiger partial charge in [0, 0.05) is 36.5 Å². The maximum atomic E-state index is 12.9. The van der Waals surface area contributed by atoms with E-state index in [-0.39, 0.29) is 22.4 Å². The topological polar surface area (TPSA) is 40.6 Å². The fourth-order valence-corrected chi connectivity index (χ4v) is 3.04. The highest BCUT2D eigenvalue weighted by Gasteiger charge is 2.25. The fourth-order valence-electron chi connectivity index (χ4n) is 2.30. The van der Waals surface area contributed by atoms with Crippen molar-refractivity contribution in [1.29, 1.82) is 0 Å². The number of hydrogen-bond acceptors (Lipinski definition) is 3. The molecule has 1 aromatic rings. The molecule has 126 valence electrons. The lowest BCUT2D eigenvalue weighted by Gasteiger charge is -2.35. The molecule has 4 nitrogen and oxygen atoms in total.